The van der Waals surface area contributed by atoms with Crippen LogP contribution in [0.5, 0.6) is 11.5 Å². The lowest BCUT2D eigenvalue weighted by molar-refractivity contribution is -0.384. The van der Waals surface area contributed by atoms with Gasteiger partial charge in [0.2, 0.25) is 0 Å². The maximum Gasteiger partial charge on any atom is 0.288 e. The van der Waals surface area contributed by atoms with Gasteiger partial charge in [0.05, 0.1) is 11.5 Å². The number of rotatable bonds is 4. The first-order valence-electron chi connectivity index (χ1n) is 5.52. The molecule has 0 radical (unpaired) electrons. The average molecular weight is 359 g/mol. The lowest BCUT2D eigenvalue weighted by atomic mass is 10.2. The Morgan fingerprint density at radius 2 is 2.05 bits per heavy atom. The maximum absolute atomic E-state index is 10.7. The molecule has 104 valence electrons. The largest absolute Gasteiger partial charge is 0.457 e. The first-order chi connectivity index (χ1) is 9.51. The second-order valence-electron chi connectivity index (χ2n) is 3.88. The molecule has 0 amide bonds. The molecular weight excluding hydrogens is 350 g/mol. The van der Waals surface area contributed by atoms with Crippen LogP contribution in [-0.4, -0.2) is 10.0 Å². The van der Waals surface area contributed by atoms with Crippen LogP contribution in [0, 0.1) is 10.1 Å². The van der Waals surface area contributed by atoms with E-state index in [0.29, 0.717) is 17.1 Å². The molecule has 0 saturated carbocycles. The molecule has 7 heteroatoms. The summed E-state index contributed by atoms with van der Waals surface area (Å²) in [7, 11) is 0. The summed E-state index contributed by atoms with van der Waals surface area (Å²) in [5, 5.41) is 19.9. The van der Waals surface area contributed by atoms with E-state index in [0.717, 1.165) is 4.47 Å². The van der Waals surface area contributed by atoms with Gasteiger partial charge >= 0.3 is 0 Å². The average Bonchev–Trinajstić information content (AvgIpc) is 2.40. The lowest BCUT2D eigenvalue weighted by Crippen LogP contribution is -1.93. The lowest BCUT2D eigenvalue weighted by Gasteiger charge is -2.10. The van der Waals surface area contributed by atoms with Gasteiger partial charge in [0.1, 0.15) is 16.5 Å². The van der Waals surface area contributed by atoms with Gasteiger partial charge in [-0.1, -0.05) is 27.5 Å². The molecule has 2 aromatic rings. The van der Waals surface area contributed by atoms with Gasteiger partial charge in [0.25, 0.3) is 5.69 Å². The van der Waals surface area contributed by atoms with Crippen LogP contribution >= 0.6 is 27.5 Å². The number of hydrogen-bond donors (Lipinski definition) is 1. The Hall–Kier alpha value is -1.63. The van der Waals surface area contributed by atoms with Crippen LogP contribution in [0.3, 0.4) is 0 Å². The zero-order valence-electron chi connectivity index (χ0n) is 10.0. The number of nitrogens with zero attached hydrogens (tertiary/aromatic N) is 1. The van der Waals surface area contributed by atoms with Gasteiger partial charge in [-0.25, -0.2) is 0 Å². The Balaban J connectivity index is 2.31. The molecule has 0 saturated heterocycles. The van der Waals surface area contributed by atoms with E-state index in [2.05, 4.69) is 15.9 Å². The van der Waals surface area contributed by atoms with E-state index in [4.69, 9.17) is 16.3 Å². The first-order valence-corrected chi connectivity index (χ1v) is 6.69. The highest BCUT2D eigenvalue weighted by Crippen LogP contribution is 2.33. The van der Waals surface area contributed by atoms with Crippen LogP contribution < -0.4 is 4.74 Å². The van der Waals surface area contributed by atoms with Gasteiger partial charge in [0.15, 0.2) is 0 Å². The molecule has 5 nitrogen and oxygen atoms in total. The van der Waals surface area contributed by atoms with E-state index in [1.54, 1.807) is 18.2 Å². The third-order valence-corrected chi connectivity index (χ3v) is 3.33. The van der Waals surface area contributed by atoms with Crippen LogP contribution in [-0.2, 0) is 6.61 Å². The molecule has 0 aliphatic rings. The van der Waals surface area contributed by atoms with Gasteiger partial charge in [-0.2, -0.15) is 0 Å². The third-order valence-electron chi connectivity index (χ3n) is 2.54. The van der Waals surface area contributed by atoms with Crippen molar-refractivity contribution in [2.24, 2.45) is 0 Å². The summed E-state index contributed by atoms with van der Waals surface area (Å²) >= 11 is 9.11. The second-order valence-corrected chi connectivity index (χ2v) is 5.21. The Labute approximate surface area is 128 Å². The van der Waals surface area contributed by atoms with Gasteiger partial charge < -0.3 is 9.84 Å². The summed E-state index contributed by atoms with van der Waals surface area (Å²) in [6.07, 6.45) is 0. The number of aliphatic hydroxyl groups excluding tert-OH is 1. The molecule has 2 aromatic carbocycles. The number of benzene rings is 2. The topological polar surface area (TPSA) is 72.6 Å². The Morgan fingerprint density at radius 1 is 1.30 bits per heavy atom. The van der Waals surface area contributed by atoms with Crippen molar-refractivity contribution in [3.63, 3.8) is 0 Å². The van der Waals surface area contributed by atoms with E-state index in [1.807, 2.05) is 0 Å². The van der Waals surface area contributed by atoms with Crippen molar-refractivity contribution in [2.45, 2.75) is 6.61 Å². The number of halogens is 2. The van der Waals surface area contributed by atoms with Crippen LogP contribution in [0.1, 0.15) is 5.56 Å². The molecule has 2 rings (SSSR count). The summed E-state index contributed by atoms with van der Waals surface area (Å²) in [6.45, 7) is -0.185. The van der Waals surface area contributed by atoms with Crippen molar-refractivity contribution < 1.29 is 14.8 Å². The molecule has 1 N–H and O–H groups in total. The van der Waals surface area contributed by atoms with Crippen LogP contribution in [0.25, 0.3) is 0 Å². The van der Waals surface area contributed by atoms with E-state index in [-0.39, 0.29) is 17.3 Å². The van der Waals surface area contributed by atoms with Crippen molar-refractivity contribution in [3.8, 4) is 11.5 Å². The minimum absolute atomic E-state index is 0.00448. The van der Waals surface area contributed by atoms with Crippen molar-refractivity contribution >= 4 is 33.2 Å². The molecule has 20 heavy (non-hydrogen) atoms. The molecule has 0 heterocycles. The number of nitro groups is 1. The summed E-state index contributed by atoms with van der Waals surface area (Å²) < 4.78 is 6.40. The van der Waals surface area contributed by atoms with E-state index in [9.17, 15) is 15.2 Å². The van der Waals surface area contributed by atoms with Gasteiger partial charge in [-0.15, -0.1) is 0 Å². The smallest absolute Gasteiger partial charge is 0.288 e. The van der Waals surface area contributed by atoms with Gasteiger partial charge in [-0.3, -0.25) is 10.1 Å². The van der Waals surface area contributed by atoms with Gasteiger partial charge in [0, 0.05) is 22.2 Å². The molecule has 0 bridgehead atoms. The highest BCUT2D eigenvalue weighted by atomic mass is 79.9. The predicted octanol–water partition coefficient (Wildman–Crippen LogP) is 4.30. The fourth-order valence-corrected chi connectivity index (χ4v) is 2.25. The summed E-state index contributed by atoms with van der Waals surface area (Å²) in [4.78, 5) is 10.1. The highest BCUT2D eigenvalue weighted by Gasteiger charge is 2.13. The van der Waals surface area contributed by atoms with Gasteiger partial charge in [-0.05, 0) is 24.3 Å². The summed E-state index contributed by atoms with van der Waals surface area (Å²) in [6, 6.07) is 9.26. The van der Waals surface area contributed by atoms with Crippen molar-refractivity contribution in [2.75, 3.05) is 0 Å². The fourth-order valence-electron chi connectivity index (χ4n) is 1.60. The van der Waals surface area contributed by atoms with Crippen LogP contribution in [0.4, 0.5) is 5.69 Å². The van der Waals surface area contributed by atoms with Crippen LogP contribution in [0.2, 0.25) is 5.02 Å². The Bertz CT molecular complexity index is 663. The zero-order chi connectivity index (χ0) is 14.7. The molecule has 0 fully saturated rings. The molecule has 0 aliphatic carbocycles. The SMILES string of the molecule is O=[N+]([O-])c1ccc(Oc2ccc(Br)cc2CO)cc1Cl. The van der Waals surface area contributed by atoms with Crippen molar-refractivity contribution in [3.05, 3.63) is 61.6 Å². The number of hydrogen-bond acceptors (Lipinski definition) is 4. The van der Waals surface area contributed by atoms with Crippen molar-refractivity contribution in [1.82, 2.24) is 0 Å². The third kappa shape index (κ3) is 3.27. The molecule has 0 spiro atoms. The highest BCUT2D eigenvalue weighted by molar-refractivity contribution is 9.10. The minimum atomic E-state index is -0.565. The number of nitro benzene ring substituents is 1. The summed E-state index contributed by atoms with van der Waals surface area (Å²) in [5.41, 5.74) is 0.408. The molecular formula is C13H9BrClNO4. The number of ether oxygens (including phenoxy) is 1. The second kappa shape index (κ2) is 6.21. The maximum atomic E-state index is 10.7. The van der Waals surface area contributed by atoms with E-state index in [1.165, 1.54) is 18.2 Å². The molecule has 0 aliphatic heterocycles. The van der Waals surface area contributed by atoms with E-state index >= 15 is 0 Å². The van der Waals surface area contributed by atoms with E-state index < -0.39 is 4.92 Å². The standard InChI is InChI=1S/C13H9BrClNO4/c14-9-1-4-13(8(5-9)7-17)20-10-2-3-12(16(18)19)11(15)6-10/h1-6,17H,7H2. The zero-order valence-corrected chi connectivity index (χ0v) is 12.4. The molecule has 0 unspecified atom stereocenters. The first kappa shape index (κ1) is 14.8. The monoisotopic (exact) mass is 357 g/mol. The normalized spacial score (nSPS) is 10.3. The van der Waals surface area contributed by atoms with Crippen molar-refractivity contribution in [1.29, 1.82) is 0 Å². The predicted molar refractivity (Wildman–Crippen MR) is 78.2 cm³/mol. The summed E-state index contributed by atoms with van der Waals surface area (Å²) in [5.74, 6) is 0.818. The molecule has 0 aromatic heterocycles. The minimum Gasteiger partial charge on any atom is -0.457 e. The Kier molecular flexibility index (Phi) is 4.59. The molecule has 0 atom stereocenters. The fraction of sp³-hybridized carbons (Fsp3) is 0.0769. The van der Waals surface area contributed by atoms with Crippen LogP contribution in [0.15, 0.2) is 40.9 Å². The quantitative estimate of drug-likeness (QED) is 0.653. The Morgan fingerprint density at radius 3 is 2.65 bits per heavy atom. The number of aliphatic hydroxyl groups is 1.